The molecule has 1 fully saturated rings. The first kappa shape index (κ1) is 19.8. The van der Waals surface area contributed by atoms with Crippen LogP contribution in [0.1, 0.15) is 28.8 Å². The number of hydrogen-bond acceptors (Lipinski definition) is 3. The first-order valence-electron chi connectivity index (χ1n) is 8.49. The number of nitrogens with zero attached hydrogens (tertiary/aromatic N) is 1. The molecular weight excluding hydrogens is 433 g/mol. The predicted molar refractivity (Wildman–Crippen MR) is 107 cm³/mol. The topological polar surface area (TPSA) is 54.5 Å². The Morgan fingerprint density at radius 2 is 1.93 bits per heavy atom. The molecule has 0 aliphatic heterocycles. The number of hydrogen-bond donors (Lipinski definition) is 0. The number of benzene rings is 2. The van der Waals surface area contributed by atoms with Crippen molar-refractivity contribution in [1.29, 1.82) is 0 Å². The minimum absolute atomic E-state index is 0.0424. The lowest BCUT2D eigenvalue weighted by Gasteiger charge is -2.26. The third kappa shape index (κ3) is 3.99. The van der Waals surface area contributed by atoms with Crippen LogP contribution >= 0.6 is 15.9 Å². The van der Waals surface area contributed by atoms with E-state index in [9.17, 15) is 17.6 Å². The van der Waals surface area contributed by atoms with Gasteiger partial charge in [-0.3, -0.25) is 9.10 Å². The van der Waals surface area contributed by atoms with Crippen LogP contribution in [-0.2, 0) is 10.0 Å². The molecule has 142 valence electrons. The monoisotopic (exact) mass is 451 g/mol. The van der Waals surface area contributed by atoms with Crippen LogP contribution in [0.15, 0.2) is 58.4 Å². The van der Waals surface area contributed by atoms with Crippen molar-refractivity contribution >= 4 is 37.4 Å². The van der Waals surface area contributed by atoms with Crippen LogP contribution < -0.4 is 4.31 Å². The Morgan fingerprint density at radius 1 is 1.30 bits per heavy atom. The third-order valence-corrected chi connectivity index (χ3v) is 6.83. The Hall–Kier alpha value is -1.99. The summed E-state index contributed by atoms with van der Waals surface area (Å²) in [7, 11) is -3.96. The van der Waals surface area contributed by atoms with E-state index >= 15 is 0 Å². The molecule has 3 rings (SSSR count). The van der Waals surface area contributed by atoms with Gasteiger partial charge in [-0.15, -0.1) is 6.58 Å². The zero-order valence-corrected chi connectivity index (χ0v) is 17.2. The van der Waals surface area contributed by atoms with Gasteiger partial charge in [-0.05, 0) is 60.0 Å². The van der Waals surface area contributed by atoms with Gasteiger partial charge in [-0.1, -0.05) is 23.8 Å². The normalized spacial score (nSPS) is 14.0. The highest BCUT2D eigenvalue weighted by molar-refractivity contribution is 9.10. The number of sulfonamides is 1. The maximum absolute atomic E-state index is 14.1. The van der Waals surface area contributed by atoms with Crippen LogP contribution in [0.2, 0.25) is 0 Å². The van der Waals surface area contributed by atoms with Gasteiger partial charge in [0.05, 0.1) is 21.6 Å². The van der Waals surface area contributed by atoms with Crippen LogP contribution in [0.3, 0.4) is 0 Å². The maximum atomic E-state index is 14.1. The van der Waals surface area contributed by atoms with E-state index in [1.807, 2.05) is 6.92 Å². The zero-order valence-electron chi connectivity index (χ0n) is 14.8. The minimum atomic E-state index is -3.96. The lowest BCUT2D eigenvalue weighted by atomic mass is 10.0. The molecule has 1 saturated carbocycles. The maximum Gasteiger partial charge on any atom is 0.264 e. The van der Waals surface area contributed by atoms with Crippen molar-refractivity contribution in [3.8, 4) is 0 Å². The predicted octanol–water partition coefficient (Wildman–Crippen LogP) is 4.87. The molecule has 0 aromatic heterocycles. The molecule has 0 radical (unpaired) electrons. The van der Waals surface area contributed by atoms with Crippen molar-refractivity contribution in [2.24, 2.45) is 5.92 Å². The second kappa shape index (κ2) is 7.56. The highest BCUT2D eigenvalue weighted by Gasteiger charge is 2.35. The Bertz CT molecular complexity index is 999. The summed E-state index contributed by atoms with van der Waals surface area (Å²) in [6.07, 6.45) is 2.92. The van der Waals surface area contributed by atoms with E-state index in [0.717, 1.165) is 28.8 Å². The average Bonchev–Trinajstić information content (AvgIpc) is 3.46. The number of ketones is 1. The summed E-state index contributed by atoms with van der Waals surface area (Å²) in [6, 6.07) is 8.90. The molecule has 7 heteroatoms. The van der Waals surface area contributed by atoms with E-state index < -0.39 is 15.8 Å². The van der Waals surface area contributed by atoms with Gasteiger partial charge >= 0.3 is 0 Å². The van der Waals surface area contributed by atoms with Gasteiger partial charge in [0.1, 0.15) is 5.82 Å². The SMILES string of the molecule is C=CCN(c1cc(Br)c(F)cc1C(=O)C1CC1)S(=O)(=O)c1ccc(C)cc1. The number of halogens is 2. The van der Waals surface area contributed by atoms with Gasteiger partial charge < -0.3 is 0 Å². The fourth-order valence-electron chi connectivity index (χ4n) is 2.79. The van der Waals surface area contributed by atoms with E-state index in [1.54, 1.807) is 12.1 Å². The first-order valence-corrected chi connectivity index (χ1v) is 10.7. The van der Waals surface area contributed by atoms with Gasteiger partial charge in [-0.2, -0.15) is 0 Å². The molecule has 1 aliphatic carbocycles. The Labute approximate surface area is 166 Å². The lowest BCUT2D eigenvalue weighted by molar-refractivity contribution is 0.0968. The van der Waals surface area contributed by atoms with Crippen molar-refractivity contribution in [3.63, 3.8) is 0 Å². The first-order chi connectivity index (χ1) is 12.8. The van der Waals surface area contributed by atoms with E-state index in [0.29, 0.717) is 0 Å². The van der Waals surface area contributed by atoms with E-state index in [-0.39, 0.29) is 38.9 Å². The summed E-state index contributed by atoms with van der Waals surface area (Å²) >= 11 is 3.10. The van der Waals surface area contributed by atoms with Crippen molar-refractivity contribution < 1.29 is 17.6 Å². The number of Topliss-reactive ketones (excluding diaryl/α,β-unsaturated/α-hetero) is 1. The molecule has 0 N–H and O–H groups in total. The van der Waals surface area contributed by atoms with Crippen molar-refractivity contribution in [1.82, 2.24) is 0 Å². The summed E-state index contributed by atoms with van der Waals surface area (Å²) in [4.78, 5) is 12.8. The fourth-order valence-corrected chi connectivity index (χ4v) is 4.56. The van der Waals surface area contributed by atoms with Crippen LogP contribution in [0.25, 0.3) is 0 Å². The van der Waals surface area contributed by atoms with Gasteiger partial charge in [0, 0.05) is 11.5 Å². The summed E-state index contributed by atoms with van der Waals surface area (Å²) in [5.41, 5.74) is 1.16. The van der Waals surface area contributed by atoms with Crippen LogP contribution in [0, 0.1) is 18.7 Å². The summed E-state index contributed by atoms with van der Waals surface area (Å²) < 4.78 is 41.8. The molecule has 2 aromatic carbocycles. The van der Waals surface area contributed by atoms with Crippen LogP contribution in [0.4, 0.5) is 10.1 Å². The van der Waals surface area contributed by atoms with Crippen molar-refractivity contribution in [2.75, 3.05) is 10.8 Å². The molecule has 1 aliphatic rings. The second-order valence-electron chi connectivity index (χ2n) is 6.56. The fraction of sp³-hybridized carbons (Fsp3) is 0.250. The molecule has 0 bridgehead atoms. The molecule has 0 amide bonds. The van der Waals surface area contributed by atoms with Crippen LogP contribution in [0.5, 0.6) is 0 Å². The standard InChI is InChI=1S/C20H19BrFNO3S/c1-3-10-23(27(25,26)15-8-4-13(2)5-9-15)19-12-17(21)18(22)11-16(19)20(24)14-6-7-14/h3-5,8-9,11-12,14H,1,6-7,10H2,2H3. The second-order valence-corrected chi connectivity index (χ2v) is 9.28. The molecule has 0 unspecified atom stereocenters. The Morgan fingerprint density at radius 3 is 2.48 bits per heavy atom. The Kier molecular flexibility index (Phi) is 5.53. The van der Waals surface area contributed by atoms with E-state index in [2.05, 4.69) is 22.5 Å². The minimum Gasteiger partial charge on any atom is -0.294 e. The van der Waals surface area contributed by atoms with Crippen molar-refractivity contribution in [2.45, 2.75) is 24.7 Å². The number of rotatable bonds is 7. The summed E-state index contributed by atoms with van der Waals surface area (Å²) in [5, 5.41) is 0. The largest absolute Gasteiger partial charge is 0.294 e. The Balaban J connectivity index is 2.17. The number of anilines is 1. The van der Waals surface area contributed by atoms with Gasteiger partial charge in [0.25, 0.3) is 10.0 Å². The molecule has 0 heterocycles. The molecule has 0 atom stereocenters. The molecule has 2 aromatic rings. The van der Waals surface area contributed by atoms with E-state index in [4.69, 9.17) is 0 Å². The third-order valence-electron chi connectivity index (χ3n) is 4.42. The van der Waals surface area contributed by atoms with Crippen LogP contribution in [-0.4, -0.2) is 20.7 Å². The lowest BCUT2D eigenvalue weighted by Crippen LogP contribution is -2.32. The highest BCUT2D eigenvalue weighted by Crippen LogP contribution is 2.38. The smallest absolute Gasteiger partial charge is 0.264 e. The molecular formula is C20H19BrFNO3S. The molecule has 0 saturated heterocycles. The summed E-state index contributed by atoms with van der Waals surface area (Å²) in [5.74, 6) is -1.00. The van der Waals surface area contributed by atoms with Gasteiger partial charge in [0.2, 0.25) is 0 Å². The van der Waals surface area contributed by atoms with Gasteiger partial charge in [-0.25, -0.2) is 12.8 Å². The molecule has 0 spiro atoms. The van der Waals surface area contributed by atoms with Gasteiger partial charge in [0.15, 0.2) is 5.78 Å². The number of carbonyl (C=O) groups excluding carboxylic acids is 1. The zero-order chi connectivity index (χ0) is 19.8. The quantitative estimate of drug-likeness (QED) is 0.445. The van der Waals surface area contributed by atoms with Crippen molar-refractivity contribution in [3.05, 3.63) is 70.5 Å². The van der Waals surface area contributed by atoms with E-state index in [1.165, 1.54) is 24.3 Å². The molecule has 27 heavy (non-hydrogen) atoms. The number of carbonyl (C=O) groups is 1. The molecule has 4 nitrogen and oxygen atoms in total. The summed E-state index contributed by atoms with van der Waals surface area (Å²) in [6.45, 7) is 5.45. The average molecular weight is 452 g/mol. The number of aryl methyl sites for hydroxylation is 1. The highest BCUT2D eigenvalue weighted by atomic mass is 79.9.